The minimum Gasteiger partial charge on any atom is -0.429 e. The van der Waals surface area contributed by atoms with Crippen LogP contribution in [0, 0.1) is 40.4 Å². The maximum atomic E-state index is 13.8. The lowest BCUT2D eigenvalue weighted by atomic mass is 10.1. The van der Waals surface area contributed by atoms with Crippen molar-refractivity contribution in [2.24, 2.45) is 0 Å². The van der Waals surface area contributed by atoms with E-state index in [0.717, 1.165) is 0 Å². The van der Waals surface area contributed by atoms with Gasteiger partial charge in [-0.25, -0.2) is 22.0 Å². The van der Waals surface area contributed by atoms with E-state index in [9.17, 15) is 30.7 Å². The van der Waals surface area contributed by atoms with Crippen LogP contribution in [0.4, 0.5) is 30.7 Å². The van der Waals surface area contributed by atoms with Crippen LogP contribution in [0.1, 0.15) is 11.1 Å². The third kappa shape index (κ3) is 3.21. The largest absolute Gasteiger partial charge is 0.432 e. The predicted molar refractivity (Wildman–Crippen MR) is 61.9 cm³/mol. The molecule has 0 heterocycles. The van der Waals surface area contributed by atoms with Crippen LogP contribution in [-0.2, 0) is 6.11 Å². The molecule has 0 spiro atoms. The fraction of sp³-hybridized carbons (Fsp3) is 0.0714. The van der Waals surface area contributed by atoms with Crippen molar-refractivity contribution < 1.29 is 35.5 Å². The highest BCUT2D eigenvalue weighted by Gasteiger charge is 2.41. The number of halogens is 7. The first kappa shape index (κ1) is 16.6. The molecule has 23 heavy (non-hydrogen) atoms. The van der Waals surface area contributed by atoms with Gasteiger partial charge in [0.2, 0.25) is 0 Å². The van der Waals surface area contributed by atoms with E-state index in [4.69, 9.17) is 5.26 Å². The quantitative estimate of drug-likeness (QED) is 0.616. The minimum atomic E-state index is -4.67. The summed E-state index contributed by atoms with van der Waals surface area (Å²) in [6.45, 7) is 0. The Morgan fingerprint density at radius 1 is 0.826 bits per heavy atom. The van der Waals surface area contributed by atoms with E-state index < -0.39 is 52.1 Å². The molecule has 0 aliphatic carbocycles. The number of nitriles is 1. The molecule has 2 aromatic rings. The summed E-state index contributed by atoms with van der Waals surface area (Å²) in [4.78, 5) is 0. The molecule has 0 radical (unpaired) electrons. The Hall–Kier alpha value is -2.76. The number of nitrogens with zero attached hydrogens (tertiary/aromatic N) is 1. The summed E-state index contributed by atoms with van der Waals surface area (Å²) in [7, 11) is 0. The molecule has 0 aliphatic rings. The van der Waals surface area contributed by atoms with Gasteiger partial charge in [-0.3, -0.25) is 0 Å². The number of alkyl halides is 2. The normalized spacial score (nSPS) is 11.2. The molecule has 9 heteroatoms. The van der Waals surface area contributed by atoms with Crippen molar-refractivity contribution in [2.45, 2.75) is 6.11 Å². The van der Waals surface area contributed by atoms with Crippen LogP contribution in [0.2, 0.25) is 0 Å². The Labute approximate surface area is 124 Å². The second-order valence-corrected chi connectivity index (χ2v) is 4.25. The van der Waals surface area contributed by atoms with Crippen molar-refractivity contribution in [1.82, 2.24) is 0 Å². The van der Waals surface area contributed by atoms with Crippen molar-refractivity contribution >= 4 is 0 Å². The molecule has 0 atom stereocenters. The molecule has 120 valence electrons. The maximum absolute atomic E-state index is 13.8. The van der Waals surface area contributed by atoms with Gasteiger partial charge in [-0.2, -0.15) is 14.0 Å². The van der Waals surface area contributed by atoms with E-state index in [2.05, 4.69) is 4.74 Å². The summed E-state index contributed by atoms with van der Waals surface area (Å²) in [6.07, 6.45) is -4.67. The van der Waals surface area contributed by atoms with Crippen molar-refractivity contribution in [2.75, 3.05) is 0 Å². The average molecular weight is 335 g/mol. The second kappa shape index (κ2) is 5.79. The Bertz CT molecular complexity index is 767. The lowest BCUT2D eigenvalue weighted by molar-refractivity contribution is -0.189. The molecule has 0 aromatic heterocycles. The highest BCUT2D eigenvalue weighted by atomic mass is 19.3. The Kier molecular flexibility index (Phi) is 4.18. The summed E-state index contributed by atoms with van der Waals surface area (Å²) in [5.74, 6) is -10.3. The van der Waals surface area contributed by atoms with Gasteiger partial charge in [-0.15, -0.1) is 0 Å². The van der Waals surface area contributed by atoms with Gasteiger partial charge < -0.3 is 4.74 Å². The monoisotopic (exact) mass is 335 g/mol. The summed E-state index contributed by atoms with van der Waals surface area (Å²) < 4.78 is 97.3. The van der Waals surface area contributed by atoms with Gasteiger partial charge in [-0.05, 0) is 12.1 Å². The standard InChI is InChI=1S/C14H4F7NO/c15-8-1-6(5-22)2-9(16)12(8)14(20,21)23-7-3-10(17)13(19)11(18)4-7/h1-4H. The summed E-state index contributed by atoms with van der Waals surface area (Å²) in [5.41, 5.74) is -2.42. The summed E-state index contributed by atoms with van der Waals surface area (Å²) in [5, 5.41) is 8.48. The molecular weight excluding hydrogens is 331 g/mol. The van der Waals surface area contributed by atoms with Crippen LogP contribution in [0.3, 0.4) is 0 Å². The van der Waals surface area contributed by atoms with Gasteiger partial charge >= 0.3 is 6.11 Å². The van der Waals surface area contributed by atoms with Gasteiger partial charge in [0, 0.05) is 12.1 Å². The smallest absolute Gasteiger partial charge is 0.429 e. The van der Waals surface area contributed by atoms with Crippen molar-refractivity contribution in [3.8, 4) is 11.8 Å². The van der Waals surface area contributed by atoms with Crippen LogP contribution in [-0.4, -0.2) is 0 Å². The first-order valence-corrected chi connectivity index (χ1v) is 5.76. The van der Waals surface area contributed by atoms with E-state index in [1.807, 2.05) is 0 Å². The summed E-state index contributed by atoms with van der Waals surface area (Å²) >= 11 is 0. The van der Waals surface area contributed by atoms with Gasteiger partial charge in [0.05, 0.1) is 11.6 Å². The molecule has 0 unspecified atom stereocenters. The molecule has 2 nitrogen and oxygen atoms in total. The van der Waals surface area contributed by atoms with Gasteiger partial charge in [0.1, 0.15) is 22.9 Å². The molecule has 0 amide bonds. The van der Waals surface area contributed by atoms with E-state index in [-0.39, 0.29) is 12.1 Å². The third-order valence-corrected chi connectivity index (χ3v) is 2.67. The Morgan fingerprint density at radius 3 is 1.74 bits per heavy atom. The van der Waals surface area contributed by atoms with E-state index >= 15 is 0 Å². The molecule has 0 saturated heterocycles. The molecule has 2 aromatic carbocycles. The van der Waals surface area contributed by atoms with Crippen molar-refractivity contribution in [3.05, 3.63) is 64.5 Å². The lowest BCUT2D eigenvalue weighted by Crippen LogP contribution is -2.25. The zero-order valence-corrected chi connectivity index (χ0v) is 10.8. The number of hydrogen-bond donors (Lipinski definition) is 0. The molecule has 0 saturated carbocycles. The van der Waals surface area contributed by atoms with Crippen LogP contribution < -0.4 is 4.74 Å². The topological polar surface area (TPSA) is 33.0 Å². The van der Waals surface area contributed by atoms with Gasteiger partial charge in [-0.1, -0.05) is 0 Å². The van der Waals surface area contributed by atoms with Crippen molar-refractivity contribution in [3.63, 3.8) is 0 Å². The summed E-state index contributed by atoms with van der Waals surface area (Å²) in [6, 6.07) is 2.20. The molecule has 0 N–H and O–H groups in total. The number of benzene rings is 2. The van der Waals surface area contributed by atoms with Gasteiger partial charge in [0.25, 0.3) is 0 Å². The van der Waals surface area contributed by atoms with E-state index in [1.165, 1.54) is 6.07 Å². The number of ether oxygens (including phenoxy) is 1. The fourth-order valence-corrected chi connectivity index (χ4v) is 1.71. The first-order valence-electron chi connectivity index (χ1n) is 5.76. The molecule has 2 rings (SSSR count). The number of hydrogen-bond acceptors (Lipinski definition) is 2. The van der Waals surface area contributed by atoms with E-state index in [0.29, 0.717) is 12.1 Å². The minimum absolute atomic E-state index is 0.0891. The van der Waals surface area contributed by atoms with Crippen molar-refractivity contribution in [1.29, 1.82) is 5.26 Å². The average Bonchev–Trinajstić information content (AvgIpc) is 2.42. The Balaban J connectivity index is 2.46. The van der Waals surface area contributed by atoms with E-state index in [1.54, 1.807) is 0 Å². The molecule has 0 fully saturated rings. The molecule has 0 bridgehead atoms. The van der Waals surface area contributed by atoms with Crippen LogP contribution in [0.15, 0.2) is 24.3 Å². The molecule has 0 aliphatic heterocycles. The van der Waals surface area contributed by atoms with Gasteiger partial charge in [0.15, 0.2) is 17.5 Å². The zero-order valence-electron chi connectivity index (χ0n) is 10.8. The SMILES string of the molecule is N#Cc1cc(F)c(C(F)(F)Oc2cc(F)c(F)c(F)c2)c(F)c1. The Morgan fingerprint density at radius 2 is 1.30 bits per heavy atom. The second-order valence-electron chi connectivity index (χ2n) is 4.25. The highest BCUT2D eigenvalue weighted by molar-refractivity contribution is 5.36. The van der Waals surface area contributed by atoms with Crippen LogP contribution >= 0.6 is 0 Å². The fourth-order valence-electron chi connectivity index (χ4n) is 1.71. The lowest BCUT2D eigenvalue weighted by Gasteiger charge is -2.19. The predicted octanol–water partition coefficient (Wildman–Crippen LogP) is 4.38. The highest BCUT2D eigenvalue weighted by Crippen LogP contribution is 2.36. The maximum Gasteiger partial charge on any atom is 0.432 e. The zero-order chi connectivity index (χ0) is 17.4. The molecular formula is C14H4F7NO. The first-order chi connectivity index (χ1) is 10.7. The van der Waals surface area contributed by atoms with Crippen LogP contribution in [0.5, 0.6) is 5.75 Å². The number of rotatable bonds is 3. The van der Waals surface area contributed by atoms with Crippen LogP contribution in [0.25, 0.3) is 0 Å². The third-order valence-electron chi connectivity index (χ3n) is 2.67.